The number of nitro benzene ring substituents is 1. The maximum absolute atomic E-state index is 13.7. The molecule has 0 atom stereocenters. The van der Waals surface area contributed by atoms with Crippen molar-refractivity contribution in [2.24, 2.45) is 0 Å². The van der Waals surface area contributed by atoms with E-state index in [1.807, 2.05) is 20.8 Å². The summed E-state index contributed by atoms with van der Waals surface area (Å²) in [5, 5.41) is 15.6. The SMILES string of the molecule is CCCOc1cc(C(=O)C(=Cc2ccccc2[N+](=O)[O-])n2cncn2)cc2c1OC(C)(C)C2. The van der Waals surface area contributed by atoms with Crippen molar-refractivity contribution in [2.75, 3.05) is 6.61 Å². The van der Waals surface area contributed by atoms with Crippen molar-refractivity contribution in [3.63, 3.8) is 0 Å². The third kappa shape index (κ3) is 4.62. The zero-order valence-electron chi connectivity index (χ0n) is 18.6. The predicted octanol–water partition coefficient (Wildman–Crippen LogP) is 4.57. The Kier molecular flexibility index (Phi) is 5.95. The van der Waals surface area contributed by atoms with E-state index in [-0.39, 0.29) is 22.7 Å². The van der Waals surface area contributed by atoms with Gasteiger partial charge in [-0.05, 0) is 44.5 Å². The van der Waals surface area contributed by atoms with Crippen LogP contribution in [0, 0.1) is 10.1 Å². The number of Topliss-reactive ketones (excluding diaryl/α,β-unsaturated/α-hetero) is 1. The summed E-state index contributed by atoms with van der Waals surface area (Å²) in [6.07, 6.45) is 5.56. The Labute approximate surface area is 190 Å². The van der Waals surface area contributed by atoms with Gasteiger partial charge in [-0.1, -0.05) is 19.1 Å². The van der Waals surface area contributed by atoms with Crippen LogP contribution >= 0.6 is 0 Å². The van der Waals surface area contributed by atoms with E-state index in [2.05, 4.69) is 10.1 Å². The van der Waals surface area contributed by atoms with Crippen LogP contribution in [0.15, 0.2) is 49.1 Å². The van der Waals surface area contributed by atoms with Crippen molar-refractivity contribution < 1.29 is 19.2 Å². The van der Waals surface area contributed by atoms with E-state index < -0.39 is 10.5 Å². The number of allylic oxidation sites excluding steroid dienone is 1. The molecule has 2 aromatic carbocycles. The topological polar surface area (TPSA) is 109 Å². The van der Waals surface area contributed by atoms with Crippen LogP contribution < -0.4 is 9.47 Å². The first-order valence-electron chi connectivity index (χ1n) is 10.6. The van der Waals surface area contributed by atoms with Crippen LogP contribution in [0.3, 0.4) is 0 Å². The van der Waals surface area contributed by atoms with Crippen molar-refractivity contribution in [2.45, 2.75) is 39.2 Å². The van der Waals surface area contributed by atoms with Gasteiger partial charge in [0.15, 0.2) is 11.5 Å². The first-order valence-corrected chi connectivity index (χ1v) is 10.6. The monoisotopic (exact) mass is 448 g/mol. The fraction of sp³-hybridized carbons (Fsp3) is 0.292. The average Bonchev–Trinajstić information content (AvgIpc) is 3.42. The van der Waals surface area contributed by atoms with Crippen molar-refractivity contribution in [3.05, 3.63) is 75.9 Å². The Morgan fingerprint density at radius 1 is 1.33 bits per heavy atom. The molecule has 0 spiro atoms. The summed E-state index contributed by atoms with van der Waals surface area (Å²) >= 11 is 0. The lowest BCUT2D eigenvalue weighted by atomic mass is 9.97. The number of ketones is 1. The Balaban J connectivity index is 1.83. The van der Waals surface area contributed by atoms with E-state index in [0.717, 1.165) is 12.0 Å². The summed E-state index contributed by atoms with van der Waals surface area (Å²) in [5.74, 6) is 0.786. The fourth-order valence-corrected chi connectivity index (χ4v) is 3.77. The second-order valence-corrected chi connectivity index (χ2v) is 8.36. The van der Waals surface area contributed by atoms with Gasteiger partial charge in [-0.25, -0.2) is 9.67 Å². The number of hydrogen-bond donors (Lipinski definition) is 0. The quantitative estimate of drug-likeness (QED) is 0.215. The Bertz CT molecular complexity index is 1230. The van der Waals surface area contributed by atoms with Crippen molar-refractivity contribution >= 4 is 23.2 Å². The number of carbonyl (C=O) groups excluding carboxylic acids is 1. The minimum absolute atomic E-state index is 0.112. The molecule has 0 aliphatic carbocycles. The molecule has 0 saturated heterocycles. The number of carbonyl (C=O) groups is 1. The molecule has 2 heterocycles. The summed E-state index contributed by atoms with van der Waals surface area (Å²) in [5.41, 5.74) is 1.14. The molecule has 9 heteroatoms. The fourth-order valence-electron chi connectivity index (χ4n) is 3.77. The standard InChI is InChI=1S/C24H24N4O5/c1-4-9-32-21-12-17(10-18-13-24(2,3)33-23(18)21)22(29)20(27-15-25-14-26-27)11-16-7-5-6-8-19(16)28(30)31/h5-8,10-12,14-15H,4,9,13H2,1-3H3. The maximum atomic E-state index is 13.7. The number of benzene rings is 2. The molecule has 0 radical (unpaired) electrons. The lowest BCUT2D eigenvalue weighted by Crippen LogP contribution is -2.24. The first-order chi connectivity index (χ1) is 15.8. The third-order valence-electron chi connectivity index (χ3n) is 5.17. The molecule has 0 fully saturated rings. The number of aromatic nitrogens is 3. The molecule has 0 saturated carbocycles. The van der Waals surface area contributed by atoms with Crippen LogP contribution in [0.25, 0.3) is 11.8 Å². The van der Waals surface area contributed by atoms with Gasteiger partial charge >= 0.3 is 0 Å². The number of hydrogen-bond acceptors (Lipinski definition) is 7. The van der Waals surface area contributed by atoms with Crippen LogP contribution in [0.1, 0.15) is 48.7 Å². The van der Waals surface area contributed by atoms with Gasteiger partial charge in [0.2, 0.25) is 5.78 Å². The molecule has 3 aromatic rings. The highest BCUT2D eigenvalue weighted by molar-refractivity contribution is 6.28. The Morgan fingerprint density at radius 3 is 2.82 bits per heavy atom. The first kappa shape index (κ1) is 22.2. The molecular formula is C24H24N4O5. The van der Waals surface area contributed by atoms with Gasteiger partial charge in [0.1, 0.15) is 24.0 Å². The molecule has 9 nitrogen and oxygen atoms in total. The molecule has 0 amide bonds. The molecule has 0 bridgehead atoms. The number of rotatable bonds is 8. The van der Waals surface area contributed by atoms with Crippen molar-refractivity contribution in [3.8, 4) is 11.5 Å². The van der Waals surface area contributed by atoms with E-state index >= 15 is 0 Å². The Hall–Kier alpha value is -4.01. The van der Waals surface area contributed by atoms with E-state index in [4.69, 9.17) is 9.47 Å². The lowest BCUT2D eigenvalue weighted by molar-refractivity contribution is -0.385. The highest BCUT2D eigenvalue weighted by Gasteiger charge is 2.34. The lowest BCUT2D eigenvalue weighted by Gasteiger charge is -2.18. The molecule has 1 aliphatic rings. The van der Waals surface area contributed by atoms with Crippen LogP contribution in [0.4, 0.5) is 5.69 Å². The minimum Gasteiger partial charge on any atom is -0.490 e. The molecule has 0 N–H and O–H groups in total. The number of nitrogens with zero attached hydrogens (tertiary/aromatic N) is 4. The number of fused-ring (bicyclic) bond motifs is 1. The van der Waals surface area contributed by atoms with Gasteiger partial charge in [-0.15, -0.1) is 0 Å². The zero-order chi connectivity index (χ0) is 23.6. The highest BCUT2D eigenvalue weighted by atomic mass is 16.6. The molecule has 33 heavy (non-hydrogen) atoms. The Morgan fingerprint density at radius 2 is 2.12 bits per heavy atom. The van der Waals surface area contributed by atoms with Gasteiger partial charge in [-0.2, -0.15) is 5.10 Å². The molecule has 1 aromatic heterocycles. The van der Waals surface area contributed by atoms with Crippen LogP contribution in [-0.4, -0.2) is 37.7 Å². The summed E-state index contributed by atoms with van der Waals surface area (Å²) in [7, 11) is 0. The third-order valence-corrected chi connectivity index (χ3v) is 5.17. The van der Waals surface area contributed by atoms with Crippen LogP contribution in [0.2, 0.25) is 0 Å². The van der Waals surface area contributed by atoms with Crippen LogP contribution in [-0.2, 0) is 6.42 Å². The molecule has 1 aliphatic heterocycles. The zero-order valence-corrected chi connectivity index (χ0v) is 18.6. The second-order valence-electron chi connectivity index (χ2n) is 8.36. The minimum atomic E-state index is -0.485. The highest BCUT2D eigenvalue weighted by Crippen LogP contribution is 2.43. The smallest absolute Gasteiger partial charge is 0.276 e. The predicted molar refractivity (Wildman–Crippen MR) is 122 cm³/mol. The number of ether oxygens (including phenoxy) is 2. The number of para-hydroxylation sites is 1. The largest absolute Gasteiger partial charge is 0.490 e. The molecule has 170 valence electrons. The molecule has 0 unspecified atom stereocenters. The van der Waals surface area contributed by atoms with Gasteiger partial charge in [0.25, 0.3) is 5.69 Å². The molecular weight excluding hydrogens is 424 g/mol. The van der Waals surface area contributed by atoms with E-state index in [9.17, 15) is 14.9 Å². The normalized spacial score (nSPS) is 14.5. The number of nitro groups is 1. The summed E-state index contributed by atoms with van der Waals surface area (Å²) < 4.78 is 13.3. The van der Waals surface area contributed by atoms with Gasteiger partial charge in [0, 0.05) is 23.6 Å². The average molecular weight is 448 g/mol. The second kappa shape index (κ2) is 8.85. The van der Waals surface area contributed by atoms with Crippen LogP contribution in [0.5, 0.6) is 11.5 Å². The maximum Gasteiger partial charge on any atom is 0.276 e. The van der Waals surface area contributed by atoms with Crippen molar-refractivity contribution in [1.82, 2.24) is 14.8 Å². The van der Waals surface area contributed by atoms with Gasteiger partial charge in [-0.3, -0.25) is 14.9 Å². The molecule has 4 rings (SSSR count). The van der Waals surface area contributed by atoms with Gasteiger partial charge < -0.3 is 9.47 Å². The van der Waals surface area contributed by atoms with Gasteiger partial charge in [0.05, 0.1) is 17.1 Å². The van der Waals surface area contributed by atoms with E-state index in [1.165, 1.54) is 29.5 Å². The summed E-state index contributed by atoms with van der Waals surface area (Å²) in [6.45, 7) is 6.44. The van der Waals surface area contributed by atoms with Crippen molar-refractivity contribution in [1.29, 1.82) is 0 Å². The summed E-state index contributed by atoms with van der Waals surface area (Å²) in [6, 6.07) is 9.66. The summed E-state index contributed by atoms with van der Waals surface area (Å²) in [4.78, 5) is 28.6. The van der Waals surface area contributed by atoms with E-state index in [1.54, 1.807) is 30.3 Å². The van der Waals surface area contributed by atoms with E-state index in [0.29, 0.717) is 30.1 Å².